The lowest BCUT2D eigenvalue weighted by Gasteiger charge is -2.23. The smallest absolute Gasteiger partial charge is 0.254 e. The summed E-state index contributed by atoms with van der Waals surface area (Å²) in [7, 11) is 0. The molecule has 102 valence electrons. The van der Waals surface area contributed by atoms with Crippen LogP contribution in [0, 0.1) is 0 Å². The lowest BCUT2D eigenvalue weighted by atomic mass is 10.2. The fraction of sp³-hybridized carbons (Fsp3) is 0.571. The number of rotatable bonds is 2. The van der Waals surface area contributed by atoms with Gasteiger partial charge in [0.2, 0.25) is 0 Å². The Morgan fingerprint density at radius 3 is 2.84 bits per heavy atom. The molecule has 0 N–H and O–H groups in total. The van der Waals surface area contributed by atoms with E-state index in [9.17, 15) is 4.79 Å². The van der Waals surface area contributed by atoms with Crippen LogP contribution in [0.4, 0.5) is 0 Å². The van der Waals surface area contributed by atoms with Crippen molar-refractivity contribution in [3.63, 3.8) is 0 Å². The second-order valence-corrected chi connectivity index (χ2v) is 6.12. The number of carbonyl (C=O) groups is 1. The maximum atomic E-state index is 12.4. The molecule has 0 spiro atoms. The van der Waals surface area contributed by atoms with Crippen molar-refractivity contribution in [1.29, 1.82) is 0 Å². The number of hydrogen-bond donors (Lipinski definition) is 0. The van der Waals surface area contributed by atoms with E-state index in [0.29, 0.717) is 10.6 Å². The van der Waals surface area contributed by atoms with Crippen molar-refractivity contribution < 1.29 is 4.79 Å². The molecule has 0 radical (unpaired) electrons. The Labute approximate surface area is 121 Å². The van der Waals surface area contributed by atoms with E-state index >= 15 is 0 Å². The summed E-state index contributed by atoms with van der Waals surface area (Å²) >= 11 is 3.31. The highest BCUT2D eigenvalue weighted by atomic mass is 79.9. The number of likely N-dealkylation sites (tertiary alicyclic amines) is 2. The first kappa shape index (κ1) is 13.1. The van der Waals surface area contributed by atoms with Gasteiger partial charge in [-0.15, -0.1) is 0 Å². The third kappa shape index (κ3) is 2.82. The highest BCUT2D eigenvalue weighted by molar-refractivity contribution is 9.10. The van der Waals surface area contributed by atoms with E-state index in [1.54, 1.807) is 18.3 Å². The van der Waals surface area contributed by atoms with Crippen molar-refractivity contribution in [3.8, 4) is 0 Å². The van der Waals surface area contributed by atoms with Crippen LogP contribution in [0.15, 0.2) is 22.9 Å². The van der Waals surface area contributed by atoms with Crippen molar-refractivity contribution in [2.24, 2.45) is 0 Å². The molecule has 19 heavy (non-hydrogen) atoms. The van der Waals surface area contributed by atoms with Crippen LogP contribution in [0.3, 0.4) is 0 Å². The first-order valence-corrected chi connectivity index (χ1v) is 7.68. The van der Waals surface area contributed by atoms with Crippen LogP contribution >= 0.6 is 15.9 Å². The van der Waals surface area contributed by atoms with E-state index in [1.807, 2.05) is 4.90 Å². The normalized spacial score (nSPS) is 24.1. The van der Waals surface area contributed by atoms with Crippen molar-refractivity contribution in [1.82, 2.24) is 14.8 Å². The Kier molecular flexibility index (Phi) is 3.84. The maximum absolute atomic E-state index is 12.4. The summed E-state index contributed by atoms with van der Waals surface area (Å²) in [6, 6.07) is 4.15. The maximum Gasteiger partial charge on any atom is 0.254 e. The summed E-state index contributed by atoms with van der Waals surface area (Å²) in [4.78, 5) is 21.0. The number of halogens is 1. The van der Waals surface area contributed by atoms with Gasteiger partial charge in [-0.1, -0.05) is 0 Å². The van der Waals surface area contributed by atoms with Gasteiger partial charge in [0.05, 0.1) is 0 Å². The quantitative estimate of drug-likeness (QED) is 0.782. The van der Waals surface area contributed by atoms with Crippen LogP contribution in [0.1, 0.15) is 29.6 Å². The zero-order chi connectivity index (χ0) is 13.2. The fourth-order valence-electron chi connectivity index (χ4n) is 3.05. The molecule has 2 saturated heterocycles. The van der Waals surface area contributed by atoms with Gasteiger partial charge >= 0.3 is 0 Å². The summed E-state index contributed by atoms with van der Waals surface area (Å²) in [5.74, 6) is 0.129. The molecule has 2 aliphatic heterocycles. The summed E-state index contributed by atoms with van der Waals surface area (Å²) < 4.78 is 0.716. The summed E-state index contributed by atoms with van der Waals surface area (Å²) in [6.45, 7) is 4.15. The zero-order valence-corrected chi connectivity index (χ0v) is 12.5. The zero-order valence-electron chi connectivity index (χ0n) is 10.9. The number of pyridine rings is 1. The summed E-state index contributed by atoms with van der Waals surface area (Å²) in [5.41, 5.74) is 0.726. The molecule has 1 atom stereocenters. The lowest BCUT2D eigenvalue weighted by molar-refractivity contribution is 0.0780. The van der Waals surface area contributed by atoms with Crippen molar-refractivity contribution in [2.45, 2.75) is 25.3 Å². The van der Waals surface area contributed by atoms with Gasteiger partial charge in [-0.3, -0.25) is 9.69 Å². The molecule has 1 unspecified atom stereocenters. The minimum Gasteiger partial charge on any atom is -0.337 e. The van der Waals surface area contributed by atoms with Crippen LogP contribution in [0.25, 0.3) is 0 Å². The van der Waals surface area contributed by atoms with Crippen LogP contribution < -0.4 is 0 Å². The van der Waals surface area contributed by atoms with E-state index in [1.165, 1.54) is 25.9 Å². The molecule has 0 aliphatic carbocycles. The van der Waals surface area contributed by atoms with Crippen LogP contribution in [0.5, 0.6) is 0 Å². The van der Waals surface area contributed by atoms with Gasteiger partial charge in [0.15, 0.2) is 0 Å². The molecular formula is C14H18BrN3O. The lowest BCUT2D eigenvalue weighted by Crippen LogP contribution is -2.37. The topological polar surface area (TPSA) is 36.4 Å². The average molecular weight is 324 g/mol. The van der Waals surface area contributed by atoms with Crippen LogP contribution in [0.2, 0.25) is 0 Å². The summed E-state index contributed by atoms with van der Waals surface area (Å²) in [6.07, 6.45) is 5.40. The molecule has 2 aliphatic rings. The monoisotopic (exact) mass is 323 g/mol. The SMILES string of the molecule is O=C(c1ccnc(Br)c1)N1CCC(N2CCCC2)C1. The van der Waals surface area contributed by atoms with Gasteiger partial charge in [-0.2, -0.15) is 0 Å². The molecule has 0 saturated carbocycles. The molecule has 1 amide bonds. The van der Waals surface area contributed by atoms with E-state index in [0.717, 1.165) is 25.1 Å². The van der Waals surface area contributed by atoms with E-state index in [4.69, 9.17) is 0 Å². The van der Waals surface area contributed by atoms with Gasteiger partial charge in [-0.05, 0) is 60.4 Å². The molecule has 2 fully saturated rings. The van der Waals surface area contributed by atoms with Gasteiger partial charge in [0.1, 0.15) is 4.60 Å². The molecule has 3 rings (SSSR count). The molecule has 1 aromatic rings. The van der Waals surface area contributed by atoms with Crippen LogP contribution in [-0.4, -0.2) is 52.9 Å². The minimum absolute atomic E-state index is 0.129. The number of hydrogen-bond acceptors (Lipinski definition) is 3. The average Bonchev–Trinajstić information content (AvgIpc) is 3.08. The van der Waals surface area contributed by atoms with Gasteiger partial charge in [-0.25, -0.2) is 4.98 Å². The largest absolute Gasteiger partial charge is 0.337 e. The Morgan fingerprint density at radius 2 is 2.11 bits per heavy atom. The highest BCUT2D eigenvalue weighted by Crippen LogP contribution is 2.22. The molecule has 0 aromatic carbocycles. The first-order chi connectivity index (χ1) is 9.24. The predicted molar refractivity (Wildman–Crippen MR) is 77.1 cm³/mol. The number of amides is 1. The highest BCUT2D eigenvalue weighted by Gasteiger charge is 2.31. The second-order valence-electron chi connectivity index (χ2n) is 5.30. The third-order valence-electron chi connectivity index (χ3n) is 4.08. The molecule has 1 aromatic heterocycles. The van der Waals surface area contributed by atoms with E-state index in [-0.39, 0.29) is 5.91 Å². The molecule has 4 nitrogen and oxygen atoms in total. The Balaban J connectivity index is 1.65. The summed E-state index contributed by atoms with van der Waals surface area (Å²) in [5, 5.41) is 0. The Hall–Kier alpha value is -0.940. The molecule has 5 heteroatoms. The standard InChI is InChI=1S/C14H18BrN3O/c15-13-9-11(3-5-16-13)14(19)18-8-4-12(10-18)17-6-1-2-7-17/h3,5,9,12H,1-2,4,6-8,10H2. The molecule has 3 heterocycles. The number of carbonyl (C=O) groups excluding carboxylic acids is 1. The Morgan fingerprint density at radius 1 is 1.32 bits per heavy atom. The number of nitrogens with zero attached hydrogens (tertiary/aromatic N) is 3. The van der Waals surface area contributed by atoms with Crippen molar-refractivity contribution >= 4 is 21.8 Å². The third-order valence-corrected chi connectivity index (χ3v) is 4.51. The van der Waals surface area contributed by atoms with Crippen LogP contribution in [-0.2, 0) is 0 Å². The van der Waals surface area contributed by atoms with Gasteiger partial charge < -0.3 is 4.90 Å². The fourth-order valence-corrected chi connectivity index (χ4v) is 3.41. The van der Waals surface area contributed by atoms with Gasteiger partial charge in [0.25, 0.3) is 5.91 Å². The minimum atomic E-state index is 0.129. The Bertz CT molecular complexity index is 474. The van der Waals surface area contributed by atoms with Crippen molar-refractivity contribution in [2.75, 3.05) is 26.2 Å². The predicted octanol–water partition coefficient (Wildman–Crippen LogP) is 2.15. The van der Waals surface area contributed by atoms with Crippen molar-refractivity contribution in [3.05, 3.63) is 28.5 Å². The second kappa shape index (κ2) is 5.59. The van der Waals surface area contributed by atoms with E-state index in [2.05, 4.69) is 25.8 Å². The molecular weight excluding hydrogens is 306 g/mol. The first-order valence-electron chi connectivity index (χ1n) is 6.89. The van der Waals surface area contributed by atoms with Gasteiger partial charge in [0, 0.05) is 30.9 Å². The van der Waals surface area contributed by atoms with E-state index < -0.39 is 0 Å². The number of aromatic nitrogens is 1. The molecule has 0 bridgehead atoms.